The molecule has 4 aliphatic carbocycles. The minimum absolute atomic E-state index is 0.00435. The number of fused-ring (bicyclic) bond motifs is 2. The molecule has 7 aliphatic rings. The van der Waals surface area contributed by atoms with Crippen molar-refractivity contribution in [3.05, 3.63) is 35.9 Å². The van der Waals surface area contributed by atoms with Gasteiger partial charge in [0.05, 0.1) is 23.2 Å². The van der Waals surface area contributed by atoms with Crippen molar-refractivity contribution in [2.24, 2.45) is 34.5 Å². The first-order valence-electron chi connectivity index (χ1n) is 13.8. The van der Waals surface area contributed by atoms with Crippen LogP contribution in [0, 0.1) is 34.5 Å². The lowest BCUT2D eigenvalue weighted by Crippen LogP contribution is -2.76. The Kier molecular flexibility index (Phi) is 4.86. The first-order chi connectivity index (χ1) is 17.3. The average Bonchev–Trinajstić information content (AvgIpc) is 2.92. The molecule has 0 amide bonds. The summed E-state index contributed by atoms with van der Waals surface area (Å²) in [5.74, 6) is -1.62. The van der Waals surface area contributed by atoms with Crippen LogP contribution < -0.4 is 0 Å². The smallest absolute Gasteiger partial charge is 0.338 e. The van der Waals surface area contributed by atoms with Gasteiger partial charge >= 0.3 is 11.9 Å². The second kappa shape index (κ2) is 7.55. The second-order valence-corrected chi connectivity index (χ2v) is 12.6. The quantitative estimate of drug-likeness (QED) is 0.643. The molecule has 6 unspecified atom stereocenters. The van der Waals surface area contributed by atoms with Crippen LogP contribution in [0.25, 0.3) is 0 Å². The van der Waals surface area contributed by atoms with Gasteiger partial charge in [-0.1, -0.05) is 32.0 Å². The molecule has 4 saturated carbocycles. The molecule has 3 saturated heterocycles. The van der Waals surface area contributed by atoms with Crippen LogP contribution in [0.1, 0.15) is 56.3 Å². The van der Waals surface area contributed by atoms with E-state index in [0.717, 1.165) is 32.4 Å². The number of aliphatic hydroxyl groups is 1. The summed E-state index contributed by atoms with van der Waals surface area (Å²) in [6.07, 6.45) is 3.10. The Bertz CT molecular complexity index is 1090. The monoisotopic (exact) mass is 495 g/mol. The van der Waals surface area contributed by atoms with Crippen LogP contribution in [0.2, 0.25) is 0 Å². The Morgan fingerprint density at radius 1 is 1.22 bits per heavy atom. The third kappa shape index (κ3) is 2.60. The highest BCUT2D eigenvalue weighted by Gasteiger charge is 2.85. The molecule has 1 aromatic carbocycles. The molecule has 1 aromatic rings. The SMILES string of the molecule is CCN1C[C@]2(C)CCC(OC)C34C5C[C@@H]6CC[C@@](O)(C5C(=O)O6)C(C13)[C@@H](OC(=O)c1ccccc1)[C@@H]42. The fourth-order valence-electron chi connectivity index (χ4n) is 10.5. The van der Waals surface area contributed by atoms with E-state index in [2.05, 4.69) is 18.7 Å². The maximum atomic E-state index is 13.5. The summed E-state index contributed by atoms with van der Waals surface area (Å²) in [5, 5.41) is 12.6. The van der Waals surface area contributed by atoms with Crippen LogP contribution in [0.3, 0.4) is 0 Å². The van der Waals surface area contributed by atoms with E-state index < -0.39 is 17.6 Å². The third-order valence-electron chi connectivity index (χ3n) is 11.3. The molecular formula is C29H37NO6. The third-order valence-corrected chi connectivity index (χ3v) is 11.3. The molecule has 1 N–H and O–H groups in total. The second-order valence-electron chi connectivity index (χ2n) is 12.6. The highest BCUT2D eigenvalue weighted by molar-refractivity contribution is 5.89. The molecule has 1 spiro atoms. The van der Waals surface area contributed by atoms with Crippen LogP contribution in [0.15, 0.2) is 30.3 Å². The Hall–Kier alpha value is -1.96. The number of rotatable bonds is 4. The summed E-state index contributed by atoms with van der Waals surface area (Å²) >= 11 is 0. The summed E-state index contributed by atoms with van der Waals surface area (Å²) < 4.78 is 18.7. The fourth-order valence-corrected chi connectivity index (χ4v) is 10.5. The molecule has 0 aromatic heterocycles. The zero-order valence-corrected chi connectivity index (χ0v) is 21.4. The number of hydrogen-bond donors (Lipinski definition) is 1. The molecule has 7 nitrogen and oxygen atoms in total. The van der Waals surface area contributed by atoms with Gasteiger partial charge in [0.25, 0.3) is 0 Å². The largest absolute Gasteiger partial charge is 0.462 e. The van der Waals surface area contributed by atoms with E-state index in [0.29, 0.717) is 18.4 Å². The van der Waals surface area contributed by atoms with Crippen molar-refractivity contribution in [3.63, 3.8) is 0 Å². The summed E-state index contributed by atoms with van der Waals surface area (Å²) in [6, 6.07) is 9.13. The number of ether oxygens (including phenoxy) is 3. The number of piperidine rings is 1. The number of esters is 2. The van der Waals surface area contributed by atoms with Crippen molar-refractivity contribution in [3.8, 4) is 0 Å². The van der Waals surface area contributed by atoms with Gasteiger partial charge in [-0.15, -0.1) is 0 Å². The van der Waals surface area contributed by atoms with Gasteiger partial charge in [0.2, 0.25) is 0 Å². The van der Waals surface area contributed by atoms with Crippen LogP contribution >= 0.6 is 0 Å². The van der Waals surface area contributed by atoms with E-state index in [1.807, 2.05) is 18.2 Å². The van der Waals surface area contributed by atoms with Gasteiger partial charge < -0.3 is 19.3 Å². The van der Waals surface area contributed by atoms with Gasteiger partial charge in [0, 0.05) is 36.9 Å². The Morgan fingerprint density at radius 3 is 2.72 bits per heavy atom. The maximum Gasteiger partial charge on any atom is 0.338 e. The van der Waals surface area contributed by atoms with Gasteiger partial charge in [0.1, 0.15) is 12.2 Å². The number of carbonyl (C=O) groups is 2. The van der Waals surface area contributed by atoms with Gasteiger partial charge in [-0.25, -0.2) is 4.79 Å². The highest BCUT2D eigenvalue weighted by atomic mass is 16.6. The molecule has 3 heterocycles. The summed E-state index contributed by atoms with van der Waals surface area (Å²) in [7, 11) is 1.79. The average molecular weight is 496 g/mol. The predicted molar refractivity (Wildman–Crippen MR) is 130 cm³/mol. The van der Waals surface area contributed by atoms with E-state index in [1.165, 1.54) is 0 Å². The Labute approximate surface area is 212 Å². The molecule has 7 heteroatoms. The van der Waals surface area contributed by atoms with Gasteiger partial charge in [0.15, 0.2) is 0 Å². The van der Waals surface area contributed by atoms with Gasteiger partial charge in [-0.05, 0) is 62.1 Å². The lowest BCUT2D eigenvalue weighted by Gasteiger charge is -2.69. The number of benzene rings is 1. The molecule has 3 aliphatic heterocycles. The first kappa shape index (κ1) is 23.2. The number of hydrogen-bond acceptors (Lipinski definition) is 7. The summed E-state index contributed by atoms with van der Waals surface area (Å²) in [6.45, 7) is 6.29. The van der Waals surface area contributed by atoms with E-state index in [9.17, 15) is 14.7 Å². The maximum absolute atomic E-state index is 13.5. The molecule has 194 valence electrons. The zero-order chi connectivity index (χ0) is 25.0. The molecule has 9 bridgehead atoms. The Morgan fingerprint density at radius 2 is 2.00 bits per heavy atom. The molecule has 0 radical (unpaired) electrons. The van der Waals surface area contributed by atoms with Gasteiger partial charge in [-0.3, -0.25) is 9.69 Å². The highest BCUT2D eigenvalue weighted by Crippen LogP contribution is 2.77. The number of methoxy groups -OCH3 is 1. The number of likely N-dealkylation sites (tertiary alicyclic amines) is 1. The minimum Gasteiger partial charge on any atom is -0.462 e. The summed E-state index contributed by atoms with van der Waals surface area (Å²) in [4.78, 5) is 29.6. The van der Waals surface area contributed by atoms with Gasteiger partial charge in [-0.2, -0.15) is 0 Å². The molecule has 7 fully saturated rings. The van der Waals surface area contributed by atoms with Crippen molar-refractivity contribution >= 4 is 11.9 Å². The van der Waals surface area contributed by atoms with Crippen molar-refractivity contribution in [1.82, 2.24) is 4.90 Å². The van der Waals surface area contributed by atoms with E-state index >= 15 is 0 Å². The Balaban J connectivity index is 1.46. The molecule has 36 heavy (non-hydrogen) atoms. The van der Waals surface area contributed by atoms with E-state index in [1.54, 1.807) is 19.2 Å². The van der Waals surface area contributed by atoms with Crippen LogP contribution in [-0.2, 0) is 19.0 Å². The van der Waals surface area contributed by atoms with Crippen molar-refractivity contribution in [2.75, 3.05) is 20.2 Å². The van der Waals surface area contributed by atoms with Crippen LogP contribution in [-0.4, -0.2) is 72.1 Å². The lowest BCUT2D eigenvalue weighted by atomic mass is 9.42. The number of nitrogens with zero attached hydrogens (tertiary/aromatic N) is 1. The topological polar surface area (TPSA) is 85.3 Å². The molecular weight excluding hydrogens is 458 g/mol. The predicted octanol–water partition coefficient (Wildman–Crippen LogP) is 3.05. The minimum atomic E-state index is -1.27. The van der Waals surface area contributed by atoms with Crippen LogP contribution in [0.4, 0.5) is 0 Å². The fraction of sp³-hybridized carbons (Fsp3) is 0.724. The summed E-state index contributed by atoms with van der Waals surface area (Å²) in [5.41, 5.74) is -1.23. The number of carbonyl (C=O) groups excluding carboxylic acids is 2. The first-order valence-corrected chi connectivity index (χ1v) is 13.8. The van der Waals surface area contributed by atoms with Crippen molar-refractivity contribution < 1.29 is 28.9 Å². The molecule has 8 rings (SSSR count). The lowest BCUT2D eigenvalue weighted by molar-refractivity contribution is -0.269. The standard InChI is InChI=1S/C29H37NO6/c1-4-30-15-27(2)12-11-19(34-3)29-18-14-17-10-13-28(33,20(18)26(32)35-17)21(24(29)30)22(23(27)29)36-25(31)16-8-6-5-7-9-16/h5-9,17-24,33H,4,10-15H2,1-3H3/t17-,18?,19?,20?,21?,22+,23+,24?,27-,28+,29?/m0/s1. The van der Waals surface area contributed by atoms with E-state index in [-0.39, 0.29) is 58.8 Å². The van der Waals surface area contributed by atoms with Crippen molar-refractivity contribution in [1.29, 1.82) is 0 Å². The normalized spacial score (nSPS) is 50.4. The van der Waals surface area contributed by atoms with Crippen LogP contribution in [0.5, 0.6) is 0 Å². The zero-order valence-electron chi connectivity index (χ0n) is 21.4. The van der Waals surface area contributed by atoms with Crippen molar-refractivity contribution in [2.45, 2.75) is 75.9 Å². The molecule has 11 atom stereocenters. The van der Waals surface area contributed by atoms with E-state index in [4.69, 9.17) is 14.2 Å².